The molecule has 116 valence electrons. The molecule has 0 unspecified atom stereocenters. The van der Waals surface area contributed by atoms with Gasteiger partial charge in [0.05, 0.1) is 17.0 Å². The Kier molecular flexibility index (Phi) is 3.43. The summed E-state index contributed by atoms with van der Waals surface area (Å²) in [7, 11) is 0. The van der Waals surface area contributed by atoms with Crippen LogP contribution < -0.4 is 4.90 Å². The number of nitrogens with one attached hydrogen (secondary N) is 1. The number of halogens is 2. The van der Waals surface area contributed by atoms with Crippen LogP contribution in [0.25, 0.3) is 11.0 Å². The number of hydrogen-bond acceptors (Lipinski definition) is 5. The minimum Gasteiger partial charge on any atom is -0.353 e. The van der Waals surface area contributed by atoms with Gasteiger partial charge in [-0.1, -0.05) is 11.6 Å². The van der Waals surface area contributed by atoms with Crippen molar-refractivity contribution in [3.63, 3.8) is 0 Å². The summed E-state index contributed by atoms with van der Waals surface area (Å²) in [6, 6.07) is 5.58. The molecule has 4 rings (SSSR count). The highest BCUT2D eigenvalue weighted by Gasteiger charge is 2.33. The largest absolute Gasteiger partial charge is 0.353 e. The molecule has 1 aromatic carbocycles. The molecule has 3 aromatic rings. The molecule has 6 nitrogen and oxygen atoms in total. The molecule has 1 saturated heterocycles. The lowest BCUT2D eigenvalue weighted by molar-refractivity contribution is 0.107. The molecule has 0 amide bonds. The van der Waals surface area contributed by atoms with E-state index in [-0.39, 0.29) is 11.6 Å². The third kappa shape index (κ3) is 2.54. The van der Waals surface area contributed by atoms with E-state index in [1.165, 1.54) is 6.20 Å². The summed E-state index contributed by atoms with van der Waals surface area (Å²) in [5, 5.41) is 0.0607. The lowest BCUT2D eigenvalue weighted by Gasteiger charge is -2.39. The summed E-state index contributed by atoms with van der Waals surface area (Å²) in [4.78, 5) is 29.5. The van der Waals surface area contributed by atoms with Crippen LogP contribution >= 0.6 is 23.2 Å². The molecule has 0 spiro atoms. The number of benzene rings is 1. The molecule has 1 aliphatic heterocycles. The fourth-order valence-corrected chi connectivity index (χ4v) is 3.02. The molecular formula is C15H11Cl2N5O. The van der Waals surface area contributed by atoms with Gasteiger partial charge in [0.1, 0.15) is 5.82 Å². The maximum atomic E-state index is 11.4. The predicted molar refractivity (Wildman–Crippen MR) is 88.3 cm³/mol. The Morgan fingerprint density at radius 2 is 2.04 bits per heavy atom. The van der Waals surface area contributed by atoms with Crippen molar-refractivity contribution in [1.29, 1.82) is 0 Å². The fourth-order valence-electron chi connectivity index (χ4n) is 2.72. The van der Waals surface area contributed by atoms with Gasteiger partial charge in [0.25, 0.3) is 5.24 Å². The SMILES string of the molecule is O=C(Cl)c1nccnc1N1CC(c2nc3cc(Cl)ccc3[nH]2)C1. The Hall–Kier alpha value is -2.18. The molecule has 1 N–H and O–H groups in total. The van der Waals surface area contributed by atoms with Gasteiger partial charge in [0.15, 0.2) is 11.5 Å². The Morgan fingerprint density at radius 3 is 2.83 bits per heavy atom. The van der Waals surface area contributed by atoms with Crippen LogP contribution in [0.1, 0.15) is 22.2 Å². The zero-order valence-electron chi connectivity index (χ0n) is 11.8. The van der Waals surface area contributed by atoms with Gasteiger partial charge in [0.2, 0.25) is 0 Å². The quantitative estimate of drug-likeness (QED) is 0.737. The average Bonchev–Trinajstić information content (AvgIpc) is 2.88. The number of imidazole rings is 1. The number of rotatable bonds is 3. The molecule has 0 atom stereocenters. The zero-order chi connectivity index (χ0) is 16.0. The van der Waals surface area contributed by atoms with Crippen LogP contribution in [-0.4, -0.2) is 38.3 Å². The highest BCUT2D eigenvalue weighted by atomic mass is 35.5. The summed E-state index contributed by atoms with van der Waals surface area (Å²) < 4.78 is 0. The molecule has 2 aromatic heterocycles. The molecular weight excluding hydrogens is 337 g/mol. The van der Waals surface area contributed by atoms with Crippen molar-refractivity contribution in [3.8, 4) is 0 Å². The number of aromatic nitrogens is 4. The minimum absolute atomic E-state index is 0.184. The van der Waals surface area contributed by atoms with E-state index in [1.807, 2.05) is 23.1 Å². The van der Waals surface area contributed by atoms with Gasteiger partial charge in [-0.3, -0.25) is 4.79 Å². The van der Waals surface area contributed by atoms with Crippen molar-refractivity contribution in [2.75, 3.05) is 18.0 Å². The van der Waals surface area contributed by atoms with Gasteiger partial charge in [0, 0.05) is 30.5 Å². The monoisotopic (exact) mass is 347 g/mol. The maximum Gasteiger partial charge on any atom is 0.274 e. The molecule has 3 heterocycles. The van der Waals surface area contributed by atoms with Crippen molar-refractivity contribution < 1.29 is 4.79 Å². The molecule has 0 aliphatic carbocycles. The first-order chi connectivity index (χ1) is 11.1. The van der Waals surface area contributed by atoms with Gasteiger partial charge >= 0.3 is 0 Å². The minimum atomic E-state index is -0.602. The summed E-state index contributed by atoms with van der Waals surface area (Å²) in [5.41, 5.74) is 1.99. The van der Waals surface area contributed by atoms with Crippen LogP contribution in [0.3, 0.4) is 0 Å². The Bertz CT molecular complexity index is 904. The van der Waals surface area contributed by atoms with Crippen molar-refractivity contribution >= 4 is 45.3 Å². The number of H-pyrrole nitrogens is 1. The van der Waals surface area contributed by atoms with E-state index >= 15 is 0 Å². The topological polar surface area (TPSA) is 74.8 Å². The van der Waals surface area contributed by atoms with Crippen molar-refractivity contribution in [2.45, 2.75) is 5.92 Å². The molecule has 1 fully saturated rings. The van der Waals surface area contributed by atoms with Gasteiger partial charge in [-0.15, -0.1) is 0 Å². The van der Waals surface area contributed by atoms with Crippen LogP contribution in [-0.2, 0) is 0 Å². The van der Waals surface area contributed by atoms with E-state index in [0.29, 0.717) is 23.9 Å². The third-order valence-corrected chi connectivity index (χ3v) is 4.31. The Morgan fingerprint density at radius 1 is 1.26 bits per heavy atom. The third-order valence-electron chi connectivity index (χ3n) is 3.90. The second kappa shape index (κ2) is 5.47. The van der Waals surface area contributed by atoms with E-state index in [0.717, 1.165) is 16.9 Å². The van der Waals surface area contributed by atoms with Crippen LogP contribution in [0.4, 0.5) is 5.82 Å². The number of carbonyl (C=O) groups is 1. The molecule has 8 heteroatoms. The summed E-state index contributed by atoms with van der Waals surface area (Å²) >= 11 is 11.5. The summed E-state index contributed by atoms with van der Waals surface area (Å²) in [6.45, 7) is 1.40. The number of anilines is 1. The smallest absolute Gasteiger partial charge is 0.274 e. The normalized spacial score (nSPS) is 15.0. The standard InChI is InChI=1S/C15H11Cl2N5O/c16-9-1-2-10-11(5-9)21-14(20-10)8-6-22(7-8)15-12(13(17)23)18-3-4-19-15/h1-5,8H,6-7H2,(H,20,21). The number of fused-ring (bicyclic) bond motifs is 1. The molecule has 0 radical (unpaired) electrons. The van der Waals surface area contributed by atoms with Crippen LogP contribution in [0, 0.1) is 0 Å². The lowest BCUT2D eigenvalue weighted by Crippen LogP contribution is -2.46. The Balaban J connectivity index is 1.56. The zero-order valence-corrected chi connectivity index (χ0v) is 13.3. The number of hydrogen-bond donors (Lipinski definition) is 1. The summed E-state index contributed by atoms with van der Waals surface area (Å²) in [5.74, 6) is 1.66. The first kappa shape index (κ1) is 14.4. The highest BCUT2D eigenvalue weighted by molar-refractivity contribution is 6.68. The number of carbonyl (C=O) groups excluding carboxylic acids is 1. The van der Waals surface area contributed by atoms with E-state index in [4.69, 9.17) is 23.2 Å². The number of nitrogens with zero attached hydrogens (tertiary/aromatic N) is 4. The molecule has 23 heavy (non-hydrogen) atoms. The van der Waals surface area contributed by atoms with E-state index in [9.17, 15) is 4.79 Å². The molecule has 0 saturated carbocycles. The molecule has 0 bridgehead atoms. The Labute approximate surface area is 141 Å². The van der Waals surface area contributed by atoms with E-state index in [1.54, 1.807) is 6.20 Å². The van der Waals surface area contributed by atoms with Crippen LogP contribution in [0.5, 0.6) is 0 Å². The highest BCUT2D eigenvalue weighted by Crippen LogP contribution is 2.32. The molecule has 1 aliphatic rings. The van der Waals surface area contributed by atoms with Crippen LogP contribution in [0.15, 0.2) is 30.6 Å². The first-order valence-electron chi connectivity index (χ1n) is 7.03. The maximum absolute atomic E-state index is 11.4. The first-order valence-corrected chi connectivity index (χ1v) is 7.78. The second-order valence-electron chi connectivity index (χ2n) is 5.39. The van der Waals surface area contributed by atoms with Gasteiger partial charge in [-0.25, -0.2) is 15.0 Å². The van der Waals surface area contributed by atoms with Crippen LogP contribution in [0.2, 0.25) is 5.02 Å². The lowest BCUT2D eigenvalue weighted by atomic mass is 9.99. The second-order valence-corrected chi connectivity index (χ2v) is 6.17. The van der Waals surface area contributed by atoms with Crippen molar-refractivity contribution in [3.05, 3.63) is 47.1 Å². The fraction of sp³-hybridized carbons (Fsp3) is 0.200. The van der Waals surface area contributed by atoms with Gasteiger partial charge < -0.3 is 9.88 Å². The predicted octanol–water partition coefficient (Wildman–Crippen LogP) is 2.99. The van der Waals surface area contributed by atoms with Gasteiger partial charge in [-0.2, -0.15) is 0 Å². The van der Waals surface area contributed by atoms with Crippen molar-refractivity contribution in [2.24, 2.45) is 0 Å². The van der Waals surface area contributed by atoms with Crippen molar-refractivity contribution in [1.82, 2.24) is 19.9 Å². The van der Waals surface area contributed by atoms with Gasteiger partial charge in [-0.05, 0) is 29.8 Å². The van der Waals surface area contributed by atoms with E-state index in [2.05, 4.69) is 19.9 Å². The number of aromatic amines is 1. The summed E-state index contributed by atoms with van der Waals surface area (Å²) in [6.07, 6.45) is 3.01. The average molecular weight is 348 g/mol. The van der Waals surface area contributed by atoms with E-state index < -0.39 is 5.24 Å².